The molecule has 0 aliphatic rings. The Morgan fingerprint density at radius 2 is 2.47 bits per heavy atom. The van der Waals surface area contributed by atoms with E-state index in [2.05, 4.69) is 10.1 Å². The molecule has 2 aromatic rings. The minimum absolute atomic E-state index is 0.0663. The molecule has 15 heavy (non-hydrogen) atoms. The maximum atomic E-state index is 10.8. The van der Waals surface area contributed by atoms with Crippen molar-refractivity contribution in [2.24, 2.45) is 0 Å². The van der Waals surface area contributed by atoms with Gasteiger partial charge in [0, 0.05) is 12.3 Å². The Kier molecular flexibility index (Phi) is 2.24. The summed E-state index contributed by atoms with van der Waals surface area (Å²) in [5.74, 6) is -0.654. The first-order valence-corrected chi connectivity index (χ1v) is 4.43. The molecule has 0 spiro atoms. The predicted molar refractivity (Wildman–Crippen MR) is 51.1 cm³/mol. The summed E-state index contributed by atoms with van der Waals surface area (Å²) in [4.78, 5) is 14.9. The van der Waals surface area contributed by atoms with E-state index in [0.29, 0.717) is 12.5 Å². The highest BCUT2D eigenvalue weighted by atomic mass is 16.5. The Morgan fingerprint density at radius 3 is 3.13 bits per heavy atom. The van der Waals surface area contributed by atoms with Crippen LogP contribution in [0, 0.1) is 0 Å². The Hall–Kier alpha value is -2.11. The second-order valence-electron chi connectivity index (χ2n) is 2.83. The highest BCUT2D eigenvalue weighted by Gasteiger charge is 2.12. The van der Waals surface area contributed by atoms with Crippen LogP contribution in [0.5, 0.6) is 5.88 Å². The lowest BCUT2D eigenvalue weighted by atomic mass is 10.3. The number of fused-ring (bicyclic) bond motifs is 1. The summed E-state index contributed by atoms with van der Waals surface area (Å²) in [6, 6.07) is 1.63. The molecule has 0 aliphatic carbocycles. The normalized spacial score (nSPS) is 10.5. The van der Waals surface area contributed by atoms with Gasteiger partial charge in [-0.3, -0.25) is 0 Å². The van der Waals surface area contributed by atoms with E-state index in [1.54, 1.807) is 12.3 Å². The topological polar surface area (TPSA) is 76.7 Å². The summed E-state index contributed by atoms with van der Waals surface area (Å²) in [6.45, 7) is 2.32. The van der Waals surface area contributed by atoms with Gasteiger partial charge in [-0.05, 0) is 6.92 Å². The molecule has 0 fully saturated rings. The zero-order chi connectivity index (χ0) is 10.8. The van der Waals surface area contributed by atoms with Crippen molar-refractivity contribution in [2.75, 3.05) is 6.61 Å². The number of aromatic carboxylic acids is 1. The van der Waals surface area contributed by atoms with Gasteiger partial charge in [0.2, 0.25) is 5.88 Å². The SMILES string of the molecule is CCOc1ccn2ncc(C(=O)O)c2n1. The maximum absolute atomic E-state index is 10.8. The van der Waals surface area contributed by atoms with E-state index in [9.17, 15) is 4.79 Å². The number of nitrogens with zero attached hydrogens (tertiary/aromatic N) is 3. The van der Waals surface area contributed by atoms with Gasteiger partial charge in [-0.25, -0.2) is 9.31 Å². The van der Waals surface area contributed by atoms with Crippen molar-refractivity contribution in [3.05, 3.63) is 24.0 Å². The van der Waals surface area contributed by atoms with Crippen LogP contribution < -0.4 is 4.74 Å². The largest absolute Gasteiger partial charge is 0.478 e. The summed E-state index contributed by atoms with van der Waals surface area (Å²) in [5.41, 5.74) is 0.352. The van der Waals surface area contributed by atoms with E-state index in [4.69, 9.17) is 9.84 Å². The van der Waals surface area contributed by atoms with Gasteiger partial charge in [0.15, 0.2) is 5.65 Å². The van der Waals surface area contributed by atoms with Gasteiger partial charge in [-0.2, -0.15) is 10.1 Å². The number of aromatic nitrogens is 3. The molecule has 78 valence electrons. The molecule has 2 aromatic heterocycles. The molecule has 6 heteroatoms. The van der Waals surface area contributed by atoms with Crippen LogP contribution >= 0.6 is 0 Å². The minimum atomic E-state index is -1.05. The number of carbonyl (C=O) groups is 1. The molecule has 0 amide bonds. The zero-order valence-corrected chi connectivity index (χ0v) is 8.04. The first kappa shape index (κ1) is 9.45. The Morgan fingerprint density at radius 1 is 1.67 bits per heavy atom. The molecular formula is C9H9N3O3. The fourth-order valence-corrected chi connectivity index (χ4v) is 1.23. The van der Waals surface area contributed by atoms with Crippen molar-refractivity contribution >= 4 is 11.6 Å². The van der Waals surface area contributed by atoms with Crippen LogP contribution in [0.2, 0.25) is 0 Å². The lowest BCUT2D eigenvalue weighted by Gasteiger charge is -2.01. The Bertz CT molecular complexity index is 506. The smallest absolute Gasteiger partial charge is 0.341 e. The third kappa shape index (κ3) is 1.61. The molecule has 0 saturated heterocycles. The highest BCUT2D eigenvalue weighted by molar-refractivity contribution is 5.94. The lowest BCUT2D eigenvalue weighted by molar-refractivity contribution is 0.0699. The molecule has 6 nitrogen and oxygen atoms in total. The van der Waals surface area contributed by atoms with E-state index < -0.39 is 5.97 Å². The standard InChI is InChI=1S/C9H9N3O3/c1-2-15-7-3-4-12-8(11-7)6(5-10-12)9(13)14/h3-5H,2H2,1H3,(H,13,14). The number of ether oxygens (including phenoxy) is 1. The Labute approximate surface area is 85.1 Å². The van der Waals surface area contributed by atoms with Crippen LogP contribution in [0.1, 0.15) is 17.3 Å². The first-order chi connectivity index (χ1) is 7.22. The van der Waals surface area contributed by atoms with E-state index >= 15 is 0 Å². The monoisotopic (exact) mass is 207 g/mol. The van der Waals surface area contributed by atoms with Gasteiger partial charge in [0.05, 0.1) is 12.8 Å². The van der Waals surface area contributed by atoms with Crippen molar-refractivity contribution in [2.45, 2.75) is 6.92 Å². The molecule has 0 aromatic carbocycles. The summed E-state index contributed by atoms with van der Waals surface area (Å²) >= 11 is 0. The maximum Gasteiger partial charge on any atom is 0.341 e. The van der Waals surface area contributed by atoms with E-state index in [1.165, 1.54) is 10.7 Å². The van der Waals surface area contributed by atoms with Crippen molar-refractivity contribution in [1.29, 1.82) is 0 Å². The molecule has 0 aliphatic heterocycles. The van der Waals surface area contributed by atoms with Crippen molar-refractivity contribution < 1.29 is 14.6 Å². The quantitative estimate of drug-likeness (QED) is 0.806. The summed E-state index contributed by atoms with van der Waals surface area (Å²) in [7, 11) is 0. The molecule has 0 unspecified atom stereocenters. The van der Waals surface area contributed by atoms with Crippen molar-refractivity contribution in [3.8, 4) is 5.88 Å². The highest BCUT2D eigenvalue weighted by Crippen LogP contribution is 2.12. The summed E-state index contributed by atoms with van der Waals surface area (Å²) in [5, 5.41) is 12.7. The molecule has 0 bridgehead atoms. The third-order valence-corrected chi connectivity index (χ3v) is 1.87. The molecular weight excluding hydrogens is 198 g/mol. The summed E-state index contributed by atoms with van der Waals surface area (Å²) < 4.78 is 6.57. The number of carboxylic acid groups (broad SMARTS) is 1. The molecule has 0 saturated carbocycles. The molecule has 2 rings (SSSR count). The van der Waals surface area contributed by atoms with Crippen LogP contribution in [-0.4, -0.2) is 32.3 Å². The van der Waals surface area contributed by atoms with Gasteiger partial charge >= 0.3 is 5.97 Å². The van der Waals surface area contributed by atoms with Gasteiger partial charge in [0.25, 0.3) is 0 Å². The van der Waals surface area contributed by atoms with Crippen LogP contribution in [0.3, 0.4) is 0 Å². The fraction of sp³-hybridized carbons (Fsp3) is 0.222. The van der Waals surface area contributed by atoms with Gasteiger partial charge in [0.1, 0.15) is 5.56 Å². The summed E-state index contributed by atoms with van der Waals surface area (Å²) in [6.07, 6.45) is 2.88. The number of carboxylic acids is 1. The number of hydrogen-bond acceptors (Lipinski definition) is 4. The van der Waals surface area contributed by atoms with E-state index in [0.717, 1.165) is 0 Å². The predicted octanol–water partition coefficient (Wildman–Crippen LogP) is 0.826. The van der Waals surface area contributed by atoms with Gasteiger partial charge in [-0.15, -0.1) is 0 Å². The van der Waals surface area contributed by atoms with E-state index in [-0.39, 0.29) is 11.2 Å². The minimum Gasteiger partial charge on any atom is -0.478 e. The molecule has 1 N–H and O–H groups in total. The molecule has 0 atom stereocenters. The van der Waals surface area contributed by atoms with Crippen molar-refractivity contribution in [1.82, 2.24) is 14.6 Å². The van der Waals surface area contributed by atoms with Crippen LogP contribution in [0.15, 0.2) is 18.5 Å². The zero-order valence-electron chi connectivity index (χ0n) is 8.04. The number of rotatable bonds is 3. The van der Waals surface area contributed by atoms with Gasteiger partial charge in [-0.1, -0.05) is 0 Å². The molecule has 2 heterocycles. The fourth-order valence-electron chi connectivity index (χ4n) is 1.23. The Balaban J connectivity index is 2.56. The second kappa shape index (κ2) is 3.56. The van der Waals surface area contributed by atoms with Gasteiger partial charge < -0.3 is 9.84 Å². The third-order valence-electron chi connectivity index (χ3n) is 1.87. The molecule has 0 radical (unpaired) electrons. The average molecular weight is 207 g/mol. The lowest BCUT2D eigenvalue weighted by Crippen LogP contribution is -2.00. The van der Waals surface area contributed by atoms with E-state index in [1.807, 2.05) is 6.92 Å². The van der Waals surface area contributed by atoms with Crippen molar-refractivity contribution in [3.63, 3.8) is 0 Å². The van der Waals surface area contributed by atoms with Crippen LogP contribution in [0.4, 0.5) is 0 Å². The van der Waals surface area contributed by atoms with Crippen LogP contribution in [0.25, 0.3) is 5.65 Å². The number of hydrogen-bond donors (Lipinski definition) is 1. The second-order valence-corrected chi connectivity index (χ2v) is 2.83. The van der Waals surface area contributed by atoms with Crippen LogP contribution in [-0.2, 0) is 0 Å². The first-order valence-electron chi connectivity index (χ1n) is 4.43. The average Bonchev–Trinajstić information content (AvgIpc) is 2.61.